The summed E-state index contributed by atoms with van der Waals surface area (Å²) in [5.74, 6) is 0. The Morgan fingerprint density at radius 2 is 1.88 bits per heavy atom. The highest BCUT2D eigenvalue weighted by Gasteiger charge is 2.29. The molecule has 124 valence electrons. The number of amides is 2. The Labute approximate surface area is 139 Å². The summed E-state index contributed by atoms with van der Waals surface area (Å²) in [5, 5.41) is 5.28. The number of thiazole rings is 1. The van der Waals surface area contributed by atoms with E-state index in [-0.39, 0.29) is 6.54 Å². The molecule has 24 heavy (non-hydrogen) atoms. The van der Waals surface area contributed by atoms with E-state index in [4.69, 9.17) is 0 Å². The summed E-state index contributed by atoms with van der Waals surface area (Å²) in [6.45, 7) is 0.132. The molecule has 3 aromatic rings. The minimum atomic E-state index is -4.36. The third-order valence-corrected chi connectivity index (χ3v) is 4.12. The van der Waals surface area contributed by atoms with Crippen LogP contribution in [0.1, 0.15) is 11.1 Å². The van der Waals surface area contributed by atoms with Gasteiger partial charge in [-0.2, -0.15) is 13.2 Å². The largest absolute Gasteiger partial charge is 0.416 e. The van der Waals surface area contributed by atoms with Crippen LogP contribution < -0.4 is 10.6 Å². The lowest BCUT2D eigenvalue weighted by molar-refractivity contribution is -0.137. The number of anilines is 1. The maximum Gasteiger partial charge on any atom is 0.416 e. The average molecular weight is 351 g/mol. The third kappa shape index (κ3) is 3.83. The minimum Gasteiger partial charge on any atom is -0.334 e. The van der Waals surface area contributed by atoms with E-state index in [0.717, 1.165) is 22.3 Å². The number of nitrogens with one attached hydrogen (secondary N) is 2. The third-order valence-electron chi connectivity index (χ3n) is 3.32. The van der Waals surface area contributed by atoms with Crippen LogP contribution >= 0.6 is 11.3 Å². The fourth-order valence-electron chi connectivity index (χ4n) is 2.10. The second-order valence-electron chi connectivity index (χ2n) is 5.04. The van der Waals surface area contributed by atoms with Crippen LogP contribution in [0.2, 0.25) is 0 Å². The van der Waals surface area contributed by atoms with Crippen molar-refractivity contribution in [1.29, 1.82) is 0 Å². The van der Waals surface area contributed by atoms with Crippen LogP contribution in [0.5, 0.6) is 0 Å². The number of halogens is 3. The number of aromatic nitrogens is 1. The van der Waals surface area contributed by atoms with Crippen molar-refractivity contribution in [3.05, 3.63) is 59.1 Å². The summed E-state index contributed by atoms with van der Waals surface area (Å²) in [6.07, 6.45) is -4.36. The zero-order valence-electron chi connectivity index (χ0n) is 12.2. The summed E-state index contributed by atoms with van der Waals surface area (Å²) < 4.78 is 38.4. The van der Waals surface area contributed by atoms with Gasteiger partial charge in [0.05, 0.1) is 21.3 Å². The molecule has 0 radical (unpaired) electrons. The van der Waals surface area contributed by atoms with Crippen LogP contribution in [0.15, 0.2) is 48.0 Å². The molecule has 0 saturated heterocycles. The molecule has 8 heteroatoms. The Morgan fingerprint density at radius 1 is 1.12 bits per heavy atom. The van der Waals surface area contributed by atoms with Crippen LogP contribution in [-0.2, 0) is 12.7 Å². The number of fused-ring (bicyclic) bond motifs is 1. The molecular formula is C16H12F3N3OS. The van der Waals surface area contributed by atoms with E-state index in [0.29, 0.717) is 11.3 Å². The van der Waals surface area contributed by atoms with Gasteiger partial charge in [-0.05, 0) is 35.9 Å². The molecule has 0 aliphatic heterocycles. The van der Waals surface area contributed by atoms with Gasteiger partial charge < -0.3 is 10.6 Å². The summed E-state index contributed by atoms with van der Waals surface area (Å²) in [6, 6.07) is 9.58. The monoisotopic (exact) mass is 351 g/mol. The number of hydrogen-bond donors (Lipinski definition) is 2. The molecule has 1 heterocycles. The first-order chi connectivity index (χ1) is 11.4. The molecule has 2 amide bonds. The van der Waals surface area contributed by atoms with Crippen molar-refractivity contribution in [2.75, 3.05) is 5.32 Å². The lowest BCUT2D eigenvalue weighted by atomic mass is 10.1. The first-order valence-corrected chi connectivity index (χ1v) is 7.84. The Hall–Kier alpha value is -2.61. The molecule has 4 nitrogen and oxygen atoms in total. The lowest BCUT2D eigenvalue weighted by Gasteiger charge is -2.09. The van der Waals surface area contributed by atoms with Crippen LogP contribution in [0.4, 0.5) is 23.7 Å². The summed E-state index contributed by atoms with van der Waals surface area (Å²) in [4.78, 5) is 16.0. The van der Waals surface area contributed by atoms with Crippen molar-refractivity contribution in [3.63, 3.8) is 0 Å². The first kappa shape index (κ1) is 16.3. The maximum atomic E-state index is 12.5. The van der Waals surface area contributed by atoms with Crippen LogP contribution in [0.25, 0.3) is 10.2 Å². The Bertz CT molecular complexity index is 859. The van der Waals surface area contributed by atoms with Gasteiger partial charge in [0.25, 0.3) is 0 Å². The molecule has 3 rings (SSSR count). The molecular weight excluding hydrogens is 339 g/mol. The number of hydrogen-bond acceptors (Lipinski definition) is 3. The van der Waals surface area contributed by atoms with Crippen molar-refractivity contribution in [1.82, 2.24) is 10.3 Å². The number of alkyl halides is 3. The summed E-state index contributed by atoms with van der Waals surface area (Å²) in [7, 11) is 0. The number of rotatable bonds is 3. The molecule has 1 aromatic heterocycles. The predicted molar refractivity (Wildman–Crippen MR) is 86.9 cm³/mol. The van der Waals surface area contributed by atoms with Crippen LogP contribution in [0.3, 0.4) is 0 Å². The van der Waals surface area contributed by atoms with E-state index in [9.17, 15) is 18.0 Å². The topological polar surface area (TPSA) is 54.0 Å². The van der Waals surface area contributed by atoms with E-state index in [1.807, 2.05) is 6.07 Å². The molecule has 0 bridgehead atoms. The number of benzene rings is 2. The van der Waals surface area contributed by atoms with Crippen LogP contribution in [-0.4, -0.2) is 11.0 Å². The molecule has 0 saturated carbocycles. The molecule has 0 fully saturated rings. The van der Waals surface area contributed by atoms with E-state index in [1.165, 1.54) is 23.5 Å². The molecule has 0 atom stereocenters. The van der Waals surface area contributed by atoms with E-state index in [1.54, 1.807) is 17.6 Å². The van der Waals surface area contributed by atoms with E-state index >= 15 is 0 Å². The summed E-state index contributed by atoms with van der Waals surface area (Å²) in [5.41, 5.74) is 3.07. The molecule has 0 aliphatic carbocycles. The molecule has 0 aliphatic rings. The second-order valence-corrected chi connectivity index (χ2v) is 5.92. The number of nitrogens with zero attached hydrogens (tertiary/aromatic N) is 1. The molecule has 0 unspecified atom stereocenters. The number of urea groups is 1. The fraction of sp³-hybridized carbons (Fsp3) is 0.125. The number of carbonyl (C=O) groups is 1. The lowest BCUT2D eigenvalue weighted by Crippen LogP contribution is -2.28. The zero-order valence-corrected chi connectivity index (χ0v) is 13.0. The predicted octanol–water partition coefficient (Wildman–Crippen LogP) is 4.64. The quantitative estimate of drug-likeness (QED) is 0.722. The molecule has 2 N–H and O–H groups in total. The SMILES string of the molecule is O=C(NCc1ccc(C(F)(F)F)cc1)Nc1ccc2ncsc2c1. The highest BCUT2D eigenvalue weighted by atomic mass is 32.1. The van der Waals surface area contributed by atoms with Crippen molar-refractivity contribution >= 4 is 33.3 Å². The van der Waals surface area contributed by atoms with Crippen molar-refractivity contribution in [2.24, 2.45) is 0 Å². The van der Waals surface area contributed by atoms with Gasteiger partial charge in [-0.25, -0.2) is 9.78 Å². The van der Waals surface area contributed by atoms with Gasteiger partial charge in [-0.1, -0.05) is 12.1 Å². The van der Waals surface area contributed by atoms with Gasteiger partial charge in [0, 0.05) is 12.2 Å². The fourth-order valence-corrected chi connectivity index (χ4v) is 2.82. The Morgan fingerprint density at radius 3 is 2.58 bits per heavy atom. The van der Waals surface area contributed by atoms with E-state index in [2.05, 4.69) is 15.6 Å². The minimum absolute atomic E-state index is 0.132. The average Bonchev–Trinajstić information content (AvgIpc) is 3.00. The van der Waals surface area contributed by atoms with Gasteiger partial charge in [0.1, 0.15) is 0 Å². The van der Waals surface area contributed by atoms with Gasteiger partial charge in [0.15, 0.2) is 0 Å². The van der Waals surface area contributed by atoms with Crippen molar-refractivity contribution in [2.45, 2.75) is 12.7 Å². The van der Waals surface area contributed by atoms with Gasteiger partial charge in [-0.3, -0.25) is 0 Å². The van der Waals surface area contributed by atoms with Gasteiger partial charge in [0.2, 0.25) is 0 Å². The second kappa shape index (κ2) is 6.48. The Kier molecular flexibility index (Phi) is 4.39. The zero-order chi connectivity index (χ0) is 17.2. The molecule has 0 spiro atoms. The highest BCUT2D eigenvalue weighted by molar-refractivity contribution is 7.16. The van der Waals surface area contributed by atoms with Crippen molar-refractivity contribution in [3.8, 4) is 0 Å². The molecule has 2 aromatic carbocycles. The van der Waals surface area contributed by atoms with E-state index < -0.39 is 17.8 Å². The van der Waals surface area contributed by atoms with Crippen molar-refractivity contribution < 1.29 is 18.0 Å². The van der Waals surface area contributed by atoms with Gasteiger partial charge >= 0.3 is 12.2 Å². The maximum absolute atomic E-state index is 12.5. The van der Waals surface area contributed by atoms with Crippen LogP contribution in [0, 0.1) is 0 Å². The van der Waals surface area contributed by atoms with Gasteiger partial charge in [-0.15, -0.1) is 11.3 Å². The highest BCUT2D eigenvalue weighted by Crippen LogP contribution is 2.29. The smallest absolute Gasteiger partial charge is 0.334 e. The normalized spacial score (nSPS) is 11.5. The number of carbonyl (C=O) groups excluding carboxylic acids is 1. The summed E-state index contributed by atoms with van der Waals surface area (Å²) >= 11 is 1.47. The Balaban J connectivity index is 1.57. The first-order valence-electron chi connectivity index (χ1n) is 6.96. The standard InChI is InChI=1S/C16H12F3N3OS/c17-16(18,19)11-3-1-10(2-4-11)8-20-15(23)22-12-5-6-13-14(7-12)24-9-21-13/h1-7,9H,8H2,(H2,20,22,23).